The summed E-state index contributed by atoms with van der Waals surface area (Å²) < 4.78 is 37.2. The van der Waals surface area contributed by atoms with Crippen LogP contribution in [0.5, 0.6) is 0 Å². The van der Waals surface area contributed by atoms with E-state index in [2.05, 4.69) is 24.1 Å². The van der Waals surface area contributed by atoms with Crippen LogP contribution in [0, 0.1) is 5.92 Å². The fourth-order valence-corrected chi connectivity index (χ4v) is 1.78. The lowest BCUT2D eigenvalue weighted by Crippen LogP contribution is -2.32. The molecule has 1 rings (SSSR count). The van der Waals surface area contributed by atoms with Crippen molar-refractivity contribution < 1.29 is 13.2 Å². The van der Waals surface area contributed by atoms with Gasteiger partial charge in [0.05, 0.1) is 0 Å². The van der Waals surface area contributed by atoms with Crippen molar-refractivity contribution in [2.24, 2.45) is 5.92 Å². The van der Waals surface area contributed by atoms with Crippen molar-refractivity contribution in [1.29, 1.82) is 0 Å². The van der Waals surface area contributed by atoms with Gasteiger partial charge in [-0.2, -0.15) is 13.2 Å². The Labute approximate surface area is 111 Å². The van der Waals surface area contributed by atoms with Crippen LogP contribution in [0.25, 0.3) is 0 Å². The lowest BCUT2D eigenvalue weighted by atomic mass is 10.2. The third kappa shape index (κ3) is 5.92. The van der Waals surface area contributed by atoms with Crippen LogP contribution in [0.15, 0.2) is 18.5 Å². The van der Waals surface area contributed by atoms with Crippen molar-refractivity contribution in [1.82, 2.24) is 10.3 Å². The molecule has 1 aromatic heterocycles. The molecule has 0 aromatic carbocycles. The van der Waals surface area contributed by atoms with E-state index in [0.29, 0.717) is 18.2 Å². The Morgan fingerprint density at radius 1 is 1.37 bits per heavy atom. The van der Waals surface area contributed by atoms with Crippen LogP contribution in [-0.2, 0) is 6.54 Å². The van der Waals surface area contributed by atoms with E-state index in [1.807, 2.05) is 0 Å². The van der Waals surface area contributed by atoms with Crippen LogP contribution >= 0.6 is 0 Å². The average Bonchev–Trinajstić information content (AvgIpc) is 2.26. The van der Waals surface area contributed by atoms with Crippen molar-refractivity contribution in [3.63, 3.8) is 0 Å². The zero-order valence-corrected chi connectivity index (χ0v) is 11.5. The summed E-state index contributed by atoms with van der Waals surface area (Å²) in [7, 11) is 1.44. The predicted octanol–water partition coefficient (Wildman–Crippen LogP) is 2.83. The lowest BCUT2D eigenvalue weighted by molar-refractivity contribution is -0.119. The summed E-state index contributed by atoms with van der Waals surface area (Å²) in [6.45, 7) is 4.52. The van der Waals surface area contributed by atoms with E-state index in [4.69, 9.17) is 0 Å². The maximum Gasteiger partial charge on any atom is 0.405 e. The van der Waals surface area contributed by atoms with Gasteiger partial charge in [-0.1, -0.05) is 13.8 Å². The summed E-state index contributed by atoms with van der Waals surface area (Å²) in [5, 5.41) is 3.21. The van der Waals surface area contributed by atoms with Crippen LogP contribution in [0.3, 0.4) is 0 Å². The quantitative estimate of drug-likeness (QED) is 0.865. The third-order valence-electron chi connectivity index (χ3n) is 2.57. The molecule has 0 aliphatic heterocycles. The molecular formula is C13H20F3N3. The first-order chi connectivity index (χ1) is 8.79. The molecule has 0 aliphatic carbocycles. The summed E-state index contributed by atoms with van der Waals surface area (Å²) in [4.78, 5) is 5.18. The van der Waals surface area contributed by atoms with Crippen LogP contribution in [-0.4, -0.2) is 31.3 Å². The van der Waals surface area contributed by atoms with Gasteiger partial charge in [0, 0.05) is 37.2 Å². The summed E-state index contributed by atoms with van der Waals surface area (Å²) in [6, 6.07) is 1.61. The molecule has 0 radical (unpaired) electrons. The lowest BCUT2D eigenvalue weighted by Gasteiger charge is -2.23. The van der Waals surface area contributed by atoms with E-state index in [1.165, 1.54) is 18.1 Å². The van der Waals surface area contributed by atoms with E-state index < -0.39 is 12.7 Å². The monoisotopic (exact) mass is 275 g/mol. The molecule has 0 saturated carbocycles. The number of alkyl halides is 3. The second-order valence-electron chi connectivity index (χ2n) is 5.00. The molecule has 0 saturated heterocycles. The van der Waals surface area contributed by atoms with E-state index in [0.717, 1.165) is 12.1 Å². The molecule has 1 aromatic rings. The number of rotatable bonds is 6. The topological polar surface area (TPSA) is 28.2 Å². The Kier molecular flexibility index (Phi) is 5.60. The minimum absolute atomic E-state index is 0.494. The first-order valence-corrected chi connectivity index (χ1v) is 6.21. The number of hydrogen-bond donors (Lipinski definition) is 1. The Hall–Kier alpha value is -1.30. The number of anilines is 1. The third-order valence-corrected chi connectivity index (χ3v) is 2.57. The van der Waals surface area contributed by atoms with Gasteiger partial charge in [0.25, 0.3) is 0 Å². The highest BCUT2D eigenvalue weighted by Gasteiger charge is 2.29. The van der Waals surface area contributed by atoms with E-state index >= 15 is 0 Å². The van der Waals surface area contributed by atoms with Gasteiger partial charge in [-0.15, -0.1) is 0 Å². The van der Waals surface area contributed by atoms with Crippen LogP contribution in [0.1, 0.15) is 19.4 Å². The molecule has 0 amide bonds. The predicted molar refractivity (Wildman–Crippen MR) is 70.1 cm³/mol. The van der Waals surface area contributed by atoms with Gasteiger partial charge in [-0.25, -0.2) is 0 Å². The normalized spacial score (nSPS) is 11.9. The molecule has 1 heterocycles. The van der Waals surface area contributed by atoms with Crippen molar-refractivity contribution in [3.05, 3.63) is 24.0 Å². The fraction of sp³-hybridized carbons (Fsp3) is 0.615. The van der Waals surface area contributed by atoms with Crippen molar-refractivity contribution >= 4 is 5.69 Å². The molecule has 0 aliphatic rings. The maximum absolute atomic E-state index is 12.4. The molecule has 0 spiro atoms. The molecule has 108 valence electrons. The summed E-state index contributed by atoms with van der Waals surface area (Å²) >= 11 is 0. The summed E-state index contributed by atoms with van der Waals surface area (Å²) in [5.41, 5.74) is 1.33. The van der Waals surface area contributed by atoms with Gasteiger partial charge < -0.3 is 10.2 Å². The minimum atomic E-state index is -4.21. The van der Waals surface area contributed by atoms with Gasteiger partial charge in [-0.05, 0) is 18.5 Å². The maximum atomic E-state index is 12.4. The van der Waals surface area contributed by atoms with E-state index in [9.17, 15) is 13.2 Å². The Bertz CT molecular complexity index is 391. The minimum Gasteiger partial charge on any atom is -0.365 e. The standard InChI is InChI=1S/C13H20F3N3/c1-10(2)6-18-8-11-7-17-5-4-12(11)19(3)9-13(14,15)16/h4-5,7,10,18H,6,8-9H2,1-3H3. The number of nitrogens with zero attached hydrogens (tertiary/aromatic N) is 2. The number of aromatic nitrogens is 1. The largest absolute Gasteiger partial charge is 0.405 e. The molecule has 6 heteroatoms. The highest BCUT2D eigenvalue weighted by Crippen LogP contribution is 2.23. The van der Waals surface area contributed by atoms with E-state index in [-0.39, 0.29) is 0 Å². The first kappa shape index (κ1) is 15.8. The molecule has 0 unspecified atom stereocenters. The molecular weight excluding hydrogens is 255 g/mol. The number of halogens is 3. The van der Waals surface area contributed by atoms with Crippen molar-refractivity contribution in [2.45, 2.75) is 26.6 Å². The Morgan fingerprint density at radius 2 is 2.05 bits per heavy atom. The fourth-order valence-electron chi connectivity index (χ4n) is 1.78. The van der Waals surface area contributed by atoms with E-state index in [1.54, 1.807) is 12.3 Å². The zero-order chi connectivity index (χ0) is 14.5. The molecule has 0 fully saturated rings. The first-order valence-electron chi connectivity index (χ1n) is 6.21. The second-order valence-corrected chi connectivity index (χ2v) is 5.00. The smallest absolute Gasteiger partial charge is 0.365 e. The van der Waals surface area contributed by atoms with Gasteiger partial charge in [0.15, 0.2) is 0 Å². The zero-order valence-electron chi connectivity index (χ0n) is 11.5. The molecule has 0 atom stereocenters. The molecule has 0 bridgehead atoms. The van der Waals surface area contributed by atoms with Gasteiger partial charge >= 0.3 is 6.18 Å². The van der Waals surface area contributed by atoms with Crippen molar-refractivity contribution in [3.8, 4) is 0 Å². The highest BCUT2D eigenvalue weighted by atomic mass is 19.4. The molecule has 3 nitrogen and oxygen atoms in total. The average molecular weight is 275 g/mol. The SMILES string of the molecule is CC(C)CNCc1cnccc1N(C)CC(F)(F)F. The van der Waals surface area contributed by atoms with Crippen molar-refractivity contribution in [2.75, 3.05) is 25.0 Å². The molecule has 1 N–H and O–H groups in total. The Morgan fingerprint density at radius 3 is 2.63 bits per heavy atom. The van der Waals surface area contributed by atoms with Crippen LogP contribution in [0.2, 0.25) is 0 Å². The number of nitrogens with one attached hydrogen (secondary N) is 1. The summed E-state index contributed by atoms with van der Waals surface area (Å²) in [5.74, 6) is 0.494. The number of pyridine rings is 1. The second kappa shape index (κ2) is 6.75. The van der Waals surface area contributed by atoms with Gasteiger partial charge in [0.1, 0.15) is 6.54 Å². The number of hydrogen-bond acceptors (Lipinski definition) is 3. The van der Waals surface area contributed by atoms with Gasteiger partial charge in [0.2, 0.25) is 0 Å². The van der Waals surface area contributed by atoms with Crippen LogP contribution < -0.4 is 10.2 Å². The van der Waals surface area contributed by atoms with Gasteiger partial charge in [-0.3, -0.25) is 4.98 Å². The van der Waals surface area contributed by atoms with Crippen LogP contribution in [0.4, 0.5) is 18.9 Å². The highest BCUT2D eigenvalue weighted by molar-refractivity contribution is 5.51. The summed E-state index contributed by atoms with van der Waals surface area (Å²) in [6.07, 6.45) is -1.09. The Balaban J connectivity index is 2.72. The molecule has 19 heavy (non-hydrogen) atoms.